The summed E-state index contributed by atoms with van der Waals surface area (Å²) in [7, 11) is 0. The summed E-state index contributed by atoms with van der Waals surface area (Å²) in [4.78, 5) is 27.3. The summed E-state index contributed by atoms with van der Waals surface area (Å²) in [5, 5.41) is 3.73. The van der Waals surface area contributed by atoms with Crippen LogP contribution in [0.2, 0.25) is 10.0 Å². The number of carbonyl (C=O) groups is 2. The van der Waals surface area contributed by atoms with Crippen molar-refractivity contribution in [3.8, 4) is 0 Å². The first kappa shape index (κ1) is 25.5. The Bertz CT molecular complexity index is 913. The number of amides is 2. The standard InChI is InChI=1S/C23H27Cl2FN2O2S/c1-4-15(2)27-23(30)16(3)28(12-17-9-10-19(24)20(25)11-17)22(29)14-31-13-18-7-5-6-8-21(18)26/h5-11,15-16H,4,12-14H2,1-3H3,(H,27,30)/t15-,16+/m0/s1. The third-order valence-corrected chi connectivity index (χ3v) is 6.65. The quantitative estimate of drug-likeness (QED) is 0.470. The van der Waals surface area contributed by atoms with Crippen molar-refractivity contribution in [3.05, 3.63) is 69.5 Å². The van der Waals surface area contributed by atoms with Gasteiger partial charge >= 0.3 is 0 Å². The van der Waals surface area contributed by atoms with Gasteiger partial charge in [-0.15, -0.1) is 11.8 Å². The minimum atomic E-state index is -0.676. The summed E-state index contributed by atoms with van der Waals surface area (Å²) >= 11 is 13.4. The molecule has 0 aliphatic carbocycles. The Morgan fingerprint density at radius 2 is 1.84 bits per heavy atom. The molecule has 168 valence electrons. The molecule has 0 aliphatic rings. The third-order valence-electron chi connectivity index (χ3n) is 4.95. The molecule has 2 aromatic rings. The number of nitrogens with zero attached hydrogens (tertiary/aromatic N) is 1. The van der Waals surface area contributed by atoms with E-state index >= 15 is 0 Å². The van der Waals surface area contributed by atoms with E-state index in [2.05, 4.69) is 5.32 Å². The predicted octanol–water partition coefficient (Wildman–Crippen LogP) is 5.70. The zero-order chi connectivity index (χ0) is 23.0. The predicted molar refractivity (Wildman–Crippen MR) is 127 cm³/mol. The Hall–Kier alpha value is -1.76. The van der Waals surface area contributed by atoms with Gasteiger partial charge in [0.05, 0.1) is 15.8 Å². The van der Waals surface area contributed by atoms with Gasteiger partial charge in [0.25, 0.3) is 0 Å². The maximum absolute atomic E-state index is 13.8. The van der Waals surface area contributed by atoms with Gasteiger partial charge in [0.2, 0.25) is 11.8 Å². The molecule has 1 N–H and O–H groups in total. The monoisotopic (exact) mass is 484 g/mol. The molecule has 2 amide bonds. The zero-order valence-corrected chi connectivity index (χ0v) is 20.2. The normalized spacial score (nSPS) is 12.8. The van der Waals surface area contributed by atoms with Gasteiger partial charge in [0, 0.05) is 18.3 Å². The number of halogens is 3. The van der Waals surface area contributed by atoms with Gasteiger partial charge < -0.3 is 10.2 Å². The molecule has 0 spiro atoms. The lowest BCUT2D eigenvalue weighted by molar-refractivity contribution is -0.138. The Kier molecular flexibility index (Phi) is 10.1. The second-order valence-electron chi connectivity index (χ2n) is 7.35. The van der Waals surface area contributed by atoms with Crippen LogP contribution in [0.5, 0.6) is 0 Å². The van der Waals surface area contributed by atoms with Crippen molar-refractivity contribution in [2.45, 2.75) is 51.6 Å². The number of benzene rings is 2. The second-order valence-corrected chi connectivity index (χ2v) is 9.15. The van der Waals surface area contributed by atoms with Gasteiger partial charge in [-0.25, -0.2) is 4.39 Å². The van der Waals surface area contributed by atoms with E-state index in [0.717, 1.165) is 12.0 Å². The first-order valence-electron chi connectivity index (χ1n) is 10.1. The van der Waals surface area contributed by atoms with E-state index in [1.165, 1.54) is 22.7 Å². The van der Waals surface area contributed by atoms with E-state index in [9.17, 15) is 14.0 Å². The van der Waals surface area contributed by atoms with Crippen LogP contribution < -0.4 is 5.32 Å². The number of hydrogen-bond donors (Lipinski definition) is 1. The Morgan fingerprint density at radius 3 is 2.48 bits per heavy atom. The maximum Gasteiger partial charge on any atom is 0.242 e. The van der Waals surface area contributed by atoms with Gasteiger partial charge in [-0.05, 0) is 49.6 Å². The molecule has 4 nitrogen and oxygen atoms in total. The Balaban J connectivity index is 2.12. The van der Waals surface area contributed by atoms with Crippen LogP contribution in [0.3, 0.4) is 0 Å². The highest BCUT2D eigenvalue weighted by molar-refractivity contribution is 7.99. The summed E-state index contributed by atoms with van der Waals surface area (Å²) in [5.74, 6) is -0.235. The summed E-state index contributed by atoms with van der Waals surface area (Å²) in [6.45, 7) is 5.81. The van der Waals surface area contributed by atoms with Gasteiger partial charge in [0.1, 0.15) is 11.9 Å². The van der Waals surface area contributed by atoms with Gasteiger partial charge in [-0.1, -0.05) is 54.4 Å². The van der Waals surface area contributed by atoms with E-state index in [4.69, 9.17) is 23.2 Å². The van der Waals surface area contributed by atoms with E-state index in [1.807, 2.05) is 13.8 Å². The lowest BCUT2D eigenvalue weighted by atomic mass is 10.1. The topological polar surface area (TPSA) is 49.4 Å². The van der Waals surface area contributed by atoms with Crippen LogP contribution in [0.1, 0.15) is 38.3 Å². The molecule has 0 fully saturated rings. The summed E-state index contributed by atoms with van der Waals surface area (Å²) in [6, 6.07) is 11.0. The fourth-order valence-electron chi connectivity index (χ4n) is 2.83. The average Bonchev–Trinajstić information content (AvgIpc) is 2.75. The molecule has 0 aliphatic heterocycles. The molecule has 2 rings (SSSR count). The van der Waals surface area contributed by atoms with Crippen LogP contribution in [-0.4, -0.2) is 34.6 Å². The minimum Gasteiger partial charge on any atom is -0.352 e. The van der Waals surface area contributed by atoms with Crippen molar-refractivity contribution in [3.63, 3.8) is 0 Å². The smallest absolute Gasteiger partial charge is 0.242 e. The first-order valence-corrected chi connectivity index (χ1v) is 12.0. The lowest BCUT2D eigenvalue weighted by Gasteiger charge is -2.29. The molecular weight excluding hydrogens is 458 g/mol. The van der Waals surface area contributed by atoms with Crippen molar-refractivity contribution in [1.29, 1.82) is 0 Å². The number of nitrogens with one attached hydrogen (secondary N) is 1. The molecule has 2 aromatic carbocycles. The minimum absolute atomic E-state index is 0.00677. The molecular formula is C23H27Cl2FN2O2S. The number of carbonyl (C=O) groups excluding carboxylic acids is 2. The van der Waals surface area contributed by atoms with Crippen LogP contribution in [0.25, 0.3) is 0 Å². The SMILES string of the molecule is CC[C@H](C)NC(=O)[C@@H](C)N(Cc1ccc(Cl)c(Cl)c1)C(=O)CSCc1ccccc1F. The molecule has 0 aromatic heterocycles. The molecule has 0 heterocycles. The number of hydrogen-bond acceptors (Lipinski definition) is 3. The zero-order valence-electron chi connectivity index (χ0n) is 17.8. The van der Waals surface area contributed by atoms with Crippen LogP contribution in [0.4, 0.5) is 4.39 Å². The summed E-state index contributed by atoms with van der Waals surface area (Å²) in [5.41, 5.74) is 1.31. The molecule has 0 saturated carbocycles. The maximum atomic E-state index is 13.8. The van der Waals surface area contributed by atoms with E-state index in [0.29, 0.717) is 21.4 Å². The fourth-order valence-corrected chi connectivity index (χ4v) is 4.05. The van der Waals surface area contributed by atoms with Crippen molar-refractivity contribution in [2.24, 2.45) is 0 Å². The van der Waals surface area contributed by atoms with Crippen molar-refractivity contribution < 1.29 is 14.0 Å². The van der Waals surface area contributed by atoms with E-state index in [-0.39, 0.29) is 36.0 Å². The van der Waals surface area contributed by atoms with Gasteiger partial charge in [0.15, 0.2) is 0 Å². The highest BCUT2D eigenvalue weighted by atomic mass is 35.5. The average molecular weight is 485 g/mol. The van der Waals surface area contributed by atoms with Crippen LogP contribution in [0, 0.1) is 5.82 Å². The van der Waals surface area contributed by atoms with E-state index < -0.39 is 6.04 Å². The van der Waals surface area contributed by atoms with Gasteiger partial charge in [-0.2, -0.15) is 0 Å². The second kappa shape index (κ2) is 12.3. The molecule has 0 bridgehead atoms. The molecule has 0 saturated heterocycles. The van der Waals surface area contributed by atoms with Crippen molar-refractivity contribution in [1.82, 2.24) is 10.2 Å². The van der Waals surface area contributed by atoms with Crippen LogP contribution in [0.15, 0.2) is 42.5 Å². The number of rotatable bonds is 10. The molecule has 8 heteroatoms. The highest BCUT2D eigenvalue weighted by Crippen LogP contribution is 2.24. The molecule has 2 atom stereocenters. The summed E-state index contributed by atoms with van der Waals surface area (Å²) in [6.07, 6.45) is 0.789. The molecule has 31 heavy (non-hydrogen) atoms. The highest BCUT2D eigenvalue weighted by Gasteiger charge is 2.27. The Labute approximate surface area is 197 Å². The van der Waals surface area contributed by atoms with Gasteiger partial charge in [-0.3, -0.25) is 9.59 Å². The lowest BCUT2D eigenvalue weighted by Crippen LogP contribution is -2.50. The van der Waals surface area contributed by atoms with Crippen molar-refractivity contribution in [2.75, 3.05) is 5.75 Å². The van der Waals surface area contributed by atoms with Crippen LogP contribution in [-0.2, 0) is 21.9 Å². The third kappa shape index (κ3) is 7.70. The molecule has 0 radical (unpaired) electrons. The van der Waals surface area contributed by atoms with Crippen LogP contribution >= 0.6 is 35.0 Å². The molecule has 0 unspecified atom stereocenters. The summed E-state index contributed by atoms with van der Waals surface area (Å²) < 4.78 is 13.8. The Morgan fingerprint density at radius 1 is 1.13 bits per heavy atom. The number of thioether (sulfide) groups is 1. The fraction of sp³-hybridized carbons (Fsp3) is 0.391. The van der Waals surface area contributed by atoms with Crippen molar-refractivity contribution >= 4 is 46.8 Å². The largest absolute Gasteiger partial charge is 0.352 e. The van der Waals surface area contributed by atoms with E-state index in [1.54, 1.807) is 43.3 Å². The first-order chi connectivity index (χ1) is 14.7.